The van der Waals surface area contributed by atoms with Gasteiger partial charge in [-0.05, 0) is 12.8 Å². The molecule has 1 fully saturated rings. The van der Waals surface area contributed by atoms with Crippen molar-refractivity contribution in [1.29, 1.82) is 0 Å². The zero-order valence-corrected chi connectivity index (χ0v) is 13.5. The Morgan fingerprint density at radius 1 is 1.30 bits per heavy atom. The molecule has 0 radical (unpaired) electrons. The maximum atomic E-state index is 13.6. The molecule has 0 amide bonds. The van der Waals surface area contributed by atoms with E-state index in [1.54, 1.807) is 25.3 Å². The van der Waals surface area contributed by atoms with Crippen molar-refractivity contribution < 1.29 is 4.39 Å². The first-order chi connectivity index (χ1) is 11.1. The van der Waals surface area contributed by atoms with E-state index in [1.165, 1.54) is 38.3 Å². The summed E-state index contributed by atoms with van der Waals surface area (Å²) in [6, 6.07) is 0.474. The first-order valence-corrected chi connectivity index (χ1v) is 7.97. The molecule has 2 aromatic rings. The van der Waals surface area contributed by atoms with E-state index in [1.807, 2.05) is 0 Å². The highest BCUT2D eigenvalue weighted by atomic mass is 19.1. The summed E-state index contributed by atoms with van der Waals surface area (Å²) < 4.78 is 15.8. The molecule has 2 aromatic heterocycles. The van der Waals surface area contributed by atoms with Crippen LogP contribution >= 0.6 is 0 Å². The largest absolute Gasteiger partial charge is 0.360 e. The van der Waals surface area contributed by atoms with E-state index in [-0.39, 0.29) is 5.82 Å². The van der Waals surface area contributed by atoms with Crippen LogP contribution in [0.3, 0.4) is 0 Å². The Balaban J connectivity index is 1.69. The zero-order valence-electron chi connectivity index (χ0n) is 13.5. The van der Waals surface area contributed by atoms with Crippen LogP contribution in [0.15, 0.2) is 12.5 Å². The highest BCUT2D eigenvalue weighted by molar-refractivity contribution is 5.42. The van der Waals surface area contributed by atoms with E-state index in [0.29, 0.717) is 18.5 Å². The lowest BCUT2D eigenvalue weighted by molar-refractivity contribution is 0.346. The van der Waals surface area contributed by atoms with E-state index >= 15 is 0 Å². The molecule has 1 saturated carbocycles. The van der Waals surface area contributed by atoms with Gasteiger partial charge in [-0.25, -0.2) is 9.37 Å². The molecule has 0 aliphatic heterocycles. The minimum atomic E-state index is -0.439. The highest BCUT2D eigenvalue weighted by Gasteiger charge is 2.18. The van der Waals surface area contributed by atoms with E-state index in [2.05, 4.69) is 30.0 Å². The Kier molecular flexibility index (Phi) is 4.68. The molecule has 1 N–H and O–H groups in total. The maximum Gasteiger partial charge on any atom is 0.225 e. The summed E-state index contributed by atoms with van der Waals surface area (Å²) in [5.41, 5.74) is 0. The molecule has 2 heterocycles. The molecule has 0 spiro atoms. The molecule has 0 aromatic carbocycles. The van der Waals surface area contributed by atoms with Crippen LogP contribution in [0.2, 0.25) is 0 Å². The van der Waals surface area contributed by atoms with Crippen molar-refractivity contribution in [2.45, 2.75) is 44.7 Å². The van der Waals surface area contributed by atoms with Gasteiger partial charge in [-0.15, -0.1) is 10.2 Å². The van der Waals surface area contributed by atoms with Gasteiger partial charge in [0.25, 0.3) is 0 Å². The van der Waals surface area contributed by atoms with E-state index in [9.17, 15) is 4.39 Å². The second-order valence-electron chi connectivity index (χ2n) is 6.06. The predicted molar refractivity (Wildman–Crippen MR) is 85.8 cm³/mol. The van der Waals surface area contributed by atoms with Gasteiger partial charge >= 0.3 is 0 Å². The standard InChI is InChI=1S/C15H22FN7/c1-22(2)14-12(16)8-17-15(20-14)18-9-13-21-19-10-23(13)11-6-4-3-5-7-11/h8,10-11H,3-7,9H2,1-2H3,(H,17,18,20). The number of nitrogens with zero attached hydrogens (tertiary/aromatic N) is 6. The fourth-order valence-corrected chi connectivity index (χ4v) is 2.97. The first kappa shape index (κ1) is 15.6. The van der Waals surface area contributed by atoms with E-state index in [0.717, 1.165) is 5.82 Å². The maximum absolute atomic E-state index is 13.6. The van der Waals surface area contributed by atoms with Crippen LogP contribution in [0.4, 0.5) is 16.2 Å². The van der Waals surface area contributed by atoms with Crippen molar-refractivity contribution in [3.63, 3.8) is 0 Å². The Bertz CT molecular complexity index is 649. The molecule has 1 aliphatic carbocycles. The second-order valence-corrected chi connectivity index (χ2v) is 6.06. The lowest BCUT2D eigenvalue weighted by Gasteiger charge is -2.24. The second kappa shape index (κ2) is 6.89. The molecule has 0 saturated heterocycles. The molecule has 0 atom stereocenters. The van der Waals surface area contributed by atoms with Gasteiger partial charge in [-0.2, -0.15) is 4.98 Å². The van der Waals surface area contributed by atoms with Crippen LogP contribution in [0.1, 0.15) is 44.0 Å². The number of hydrogen-bond donors (Lipinski definition) is 1. The molecular weight excluding hydrogens is 297 g/mol. The molecule has 124 valence electrons. The van der Waals surface area contributed by atoms with E-state index < -0.39 is 5.82 Å². The summed E-state index contributed by atoms with van der Waals surface area (Å²) in [6.45, 7) is 0.467. The zero-order chi connectivity index (χ0) is 16.2. The summed E-state index contributed by atoms with van der Waals surface area (Å²) in [5, 5.41) is 11.3. The van der Waals surface area contributed by atoms with Crippen LogP contribution in [0, 0.1) is 5.82 Å². The average Bonchev–Trinajstić information content (AvgIpc) is 3.03. The molecule has 23 heavy (non-hydrogen) atoms. The normalized spacial score (nSPS) is 15.6. The average molecular weight is 319 g/mol. The number of nitrogens with one attached hydrogen (secondary N) is 1. The number of anilines is 2. The van der Waals surface area contributed by atoms with Gasteiger partial charge in [0.2, 0.25) is 5.95 Å². The molecule has 1 aliphatic rings. The summed E-state index contributed by atoms with van der Waals surface area (Å²) in [4.78, 5) is 9.78. The number of aromatic nitrogens is 5. The fraction of sp³-hybridized carbons (Fsp3) is 0.600. The lowest BCUT2D eigenvalue weighted by Crippen LogP contribution is -2.18. The van der Waals surface area contributed by atoms with Crippen LogP contribution in [-0.4, -0.2) is 38.8 Å². The van der Waals surface area contributed by atoms with Gasteiger partial charge in [0, 0.05) is 20.1 Å². The van der Waals surface area contributed by atoms with Crippen LogP contribution in [0.25, 0.3) is 0 Å². The monoisotopic (exact) mass is 319 g/mol. The smallest absolute Gasteiger partial charge is 0.225 e. The van der Waals surface area contributed by atoms with Crippen LogP contribution in [-0.2, 0) is 6.54 Å². The van der Waals surface area contributed by atoms with Gasteiger partial charge in [0.1, 0.15) is 6.33 Å². The molecule has 0 bridgehead atoms. The topological polar surface area (TPSA) is 71.8 Å². The van der Waals surface area contributed by atoms with E-state index in [4.69, 9.17) is 0 Å². The molecule has 7 nitrogen and oxygen atoms in total. The Morgan fingerprint density at radius 3 is 2.83 bits per heavy atom. The van der Waals surface area contributed by atoms with Gasteiger partial charge in [-0.1, -0.05) is 19.3 Å². The minimum absolute atomic E-state index is 0.260. The van der Waals surface area contributed by atoms with Crippen molar-refractivity contribution in [2.24, 2.45) is 0 Å². The third-order valence-electron chi connectivity index (χ3n) is 4.17. The van der Waals surface area contributed by atoms with Crippen LogP contribution in [0.5, 0.6) is 0 Å². The summed E-state index contributed by atoms with van der Waals surface area (Å²) in [7, 11) is 3.49. The Hall–Kier alpha value is -2.25. The summed E-state index contributed by atoms with van der Waals surface area (Å²) >= 11 is 0. The van der Waals surface area contributed by atoms with Crippen molar-refractivity contribution >= 4 is 11.8 Å². The Morgan fingerprint density at radius 2 is 2.09 bits per heavy atom. The minimum Gasteiger partial charge on any atom is -0.360 e. The lowest BCUT2D eigenvalue weighted by atomic mass is 9.95. The fourth-order valence-electron chi connectivity index (χ4n) is 2.97. The molecular formula is C15H22FN7. The van der Waals surface area contributed by atoms with Gasteiger partial charge < -0.3 is 14.8 Å². The molecule has 3 rings (SSSR count). The Labute approximate surface area is 135 Å². The van der Waals surface area contributed by atoms with Gasteiger partial charge in [-0.3, -0.25) is 0 Å². The predicted octanol–water partition coefficient (Wildman–Crippen LogP) is 2.39. The van der Waals surface area contributed by atoms with Crippen molar-refractivity contribution in [3.8, 4) is 0 Å². The van der Waals surface area contributed by atoms with Gasteiger partial charge in [0.15, 0.2) is 17.5 Å². The molecule has 8 heteroatoms. The molecule has 0 unspecified atom stereocenters. The van der Waals surface area contributed by atoms with Crippen molar-refractivity contribution in [2.75, 3.05) is 24.3 Å². The summed E-state index contributed by atoms with van der Waals surface area (Å²) in [5.74, 6) is 1.06. The van der Waals surface area contributed by atoms with Crippen LogP contribution < -0.4 is 10.2 Å². The van der Waals surface area contributed by atoms with Crippen molar-refractivity contribution in [1.82, 2.24) is 24.7 Å². The quantitative estimate of drug-likeness (QED) is 0.912. The van der Waals surface area contributed by atoms with Crippen molar-refractivity contribution in [3.05, 3.63) is 24.2 Å². The highest BCUT2D eigenvalue weighted by Crippen LogP contribution is 2.28. The summed E-state index contributed by atoms with van der Waals surface area (Å²) in [6.07, 6.45) is 9.13. The number of hydrogen-bond acceptors (Lipinski definition) is 6. The third kappa shape index (κ3) is 3.57. The number of halogens is 1. The SMILES string of the molecule is CN(C)c1nc(NCc2nncn2C2CCCCC2)ncc1F. The number of rotatable bonds is 5. The third-order valence-corrected chi connectivity index (χ3v) is 4.17. The van der Waals surface area contributed by atoms with Gasteiger partial charge in [0.05, 0.1) is 12.7 Å². The first-order valence-electron chi connectivity index (χ1n) is 7.97.